The number of nitrogens with one attached hydrogen (secondary N) is 1. The van der Waals surface area contributed by atoms with Crippen LogP contribution in [-0.2, 0) is 14.8 Å². The quantitative estimate of drug-likeness (QED) is 0.728. The Morgan fingerprint density at radius 2 is 2.14 bits per heavy atom. The third-order valence-corrected chi connectivity index (χ3v) is 5.49. The molecule has 1 aliphatic rings. The molecule has 0 radical (unpaired) electrons. The maximum Gasteiger partial charge on any atom is 0.304 e. The number of carbonyl (C=O) groups is 1. The summed E-state index contributed by atoms with van der Waals surface area (Å²) in [6.45, 7) is 0.984. The first kappa shape index (κ1) is 16.2. The Bertz CT molecular complexity index is 593. The highest BCUT2D eigenvalue weighted by Crippen LogP contribution is 2.27. The minimum atomic E-state index is -3.12. The second-order valence-electron chi connectivity index (χ2n) is 4.93. The molecule has 0 spiro atoms. The minimum Gasteiger partial charge on any atom is -0.481 e. The highest BCUT2D eigenvalue weighted by molar-refractivity contribution is 7.99. The molecule has 1 fully saturated rings. The molecule has 0 amide bonds. The average Bonchev–Trinajstić information content (AvgIpc) is 2.86. The SMILES string of the molecule is CS(=O)(=O)N1CCC(c2nc(SCCC(=O)O)n[nH]2)CC1. The summed E-state index contributed by atoms with van der Waals surface area (Å²) < 4.78 is 24.4. The number of H-pyrrole nitrogens is 1. The summed E-state index contributed by atoms with van der Waals surface area (Å²) >= 11 is 1.30. The second kappa shape index (κ2) is 6.75. The smallest absolute Gasteiger partial charge is 0.304 e. The molecule has 0 aromatic carbocycles. The van der Waals surface area contributed by atoms with Gasteiger partial charge < -0.3 is 5.11 Å². The van der Waals surface area contributed by atoms with Crippen LogP contribution >= 0.6 is 11.8 Å². The normalized spacial score (nSPS) is 18.0. The Morgan fingerprint density at radius 1 is 1.48 bits per heavy atom. The van der Waals surface area contributed by atoms with Crippen molar-refractivity contribution < 1.29 is 18.3 Å². The molecular weight excluding hydrogens is 316 g/mol. The fourth-order valence-electron chi connectivity index (χ4n) is 2.20. The van der Waals surface area contributed by atoms with Crippen LogP contribution in [0.5, 0.6) is 0 Å². The van der Waals surface area contributed by atoms with Gasteiger partial charge in [-0.15, -0.1) is 5.10 Å². The van der Waals surface area contributed by atoms with Gasteiger partial charge in [-0.05, 0) is 12.8 Å². The van der Waals surface area contributed by atoms with Crippen LogP contribution in [-0.4, -0.2) is 64.1 Å². The van der Waals surface area contributed by atoms with Crippen LogP contribution in [0, 0.1) is 0 Å². The lowest BCUT2D eigenvalue weighted by atomic mass is 9.98. The van der Waals surface area contributed by atoms with Crippen molar-refractivity contribution in [3.63, 3.8) is 0 Å². The zero-order chi connectivity index (χ0) is 15.5. The first-order valence-corrected chi connectivity index (χ1v) is 9.41. The van der Waals surface area contributed by atoms with Gasteiger partial charge in [0.15, 0.2) is 0 Å². The Labute approximate surface area is 127 Å². The maximum absolute atomic E-state index is 11.4. The molecule has 0 aliphatic carbocycles. The van der Waals surface area contributed by atoms with Crippen LogP contribution in [0.4, 0.5) is 0 Å². The molecule has 21 heavy (non-hydrogen) atoms. The standard InChI is InChI=1S/C11H18N4O4S2/c1-21(18,19)15-5-2-8(3-6-15)10-12-11(14-13-10)20-7-4-9(16)17/h8H,2-7H2,1H3,(H,16,17)(H,12,13,14). The van der Waals surface area contributed by atoms with Crippen molar-refractivity contribution in [2.75, 3.05) is 25.1 Å². The Hall–Kier alpha value is -1.13. The summed E-state index contributed by atoms with van der Waals surface area (Å²) in [6, 6.07) is 0. The van der Waals surface area contributed by atoms with Crippen molar-refractivity contribution >= 4 is 27.8 Å². The summed E-state index contributed by atoms with van der Waals surface area (Å²) in [4.78, 5) is 14.8. The molecule has 0 atom stereocenters. The van der Waals surface area contributed by atoms with Crippen molar-refractivity contribution in [1.29, 1.82) is 0 Å². The van der Waals surface area contributed by atoms with E-state index in [9.17, 15) is 13.2 Å². The molecule has 0 saturated carbocycles. The van der Waals surface area contributed by atoms with Crippen molar-refractivity contribution in [3.8, 4) is 0 Å². The highest BCUT2D eigenvalue weighted by Gasteiger charge is 2.27. The van der Waals surface area contributed by atoms with E-state index < -0.39 is 16.0 Å². The topological polar surface area (TPSA) is 116 Å². The average molecular weight is 334 g/mol. The molecule has 1 aromatic rings. The number of hydrogen-bond donors (Lipinski definition) is 2. The lowest BCUT2D eigenvalue weighted by Gasteiger charge is -2.28. The highest BCUT2D eigenvalue weighted by atomic mass is 32.2. The first-order chi connectivity index (χ1) is 9.86. The summed E-state index contributed by atoms with van der Waals surface area (Å²) in [5, 5.41) is 16.0. The van der Waals surface area contributed by atoms with Crippen molar-refractivity contribution in [2.45, 2.75) is 30.3 Å². The maximum atomic E-state index is 11.4. The summed E-state index contributed by atoms with van der Waals surface area (Å²) in [7, 11) is -3.12. The van der Waals surface area contributed by atoms with Gasteiger partial charge in [-0.3, -0.25) is 9.89 Å². The van der Waals surface area contributed by atoms with Gasteiger partial charge in [0.1, 0.15) is 5.82 Å². The lowest BCUT2D eigenvalue weighted by molar-refractivity contribution is -0.136. The Morgan fingerprint density at radius 3 is 2.71 bits per heavy atom. The van der Waals surface area contributed by atoms with Gasteiger partial charge in [0, 0.05) is 24.8 Å². The van der Waals surface area contributed by atoms with Crippen LogP contribution in [0.1, 0.15) is 31.0 Å². The molecule has 2 heterocycles. The third kappa shape index (κ3) is 4.68. The number of hydrogen-bond acceptors (Lipinski definition) is 6. The van der Waals surface area contributed by atoms with Crippen LogP contribution in [0.15, 0.2) is 5.16 Å². The van der Waals surface area contributed by atoms with Crippen molar-refractivity contribution in [2.24, 2.45) is 0 Å². The van der Waals surface area contributed by atoms with E-state index in [1.165, 1.54) is 22.3 Å². The van der Waals surface area contributed by atoms with Gasteiger partial charge in [0.25, 0.3) is 0 Å². The molecule has 8 nitrogen and oxygen atoms in total. The van der Waals surface area contributed by atoms with Gasteiger partial charge in [-0.1, -0.05) is 11.8 Å². The van der Waals surface area contributed by atoms with E-state index in [1.54, 1.807) is 0 Å². The fourth-order valence-corrected chi connectivity index (χ4v) is 3.80. The lowest BCUT2D eigenvalue weighted by Crippen LogP contribution is -2.37. The minimum absolute atomic E-state index is 0.0707. The predicted octanol–water partition coefficient (Wildman–Crippen LogP) is 0.510. The molecule has 2 rings (SSSR count). The van der Waals surface area contributed by atoms with Crippen LogP contribution in [0.3, 0.4) is 0 Å². The van der Waals surface area contributed by atoms with E-state index in [0.29, 0.717) is 36.8 Å². The molecule has 0 bridgehead atoms. The van der Waals surface area contributed by atoms with Gasteiger partial charge >= 0.3 is 5.97 Å². The summed E-state index contributed by atoms with van der Waals surface area (Å²) in [6.07, 6.45) is 2.71. The number of rotatable bonds is 6. The van der Waals surface area contributed by atoms with E-state index in [0.717, 1.165) is 5.82 Å². The number of aromatic nitrogens is 3. The van der Waals surface area contributed by atoms with Crippen molar-refractivity contribution in [3.05, 3.63) is 5.82 Å². The van der Waals surface area contributed by atoms with E-state index in [1.807, 2.05) is 0 Å². The van der Waals surface area contributed by atoms with E-state index in [-0.39, 0.29) is 12.3 Å². The zero-order valence-corrected chi connectivity index (χ0v) is 13.3. The zero-order valence-electron chi connectivity index (χ0n) is 11.7. The third-order valence-electron chi connectivity index (χ3n) is 3.34. The Kier molecular flexibility index (Phi) is 5.22. The van der Waals surface area contributed by atoms with Crippen LogP contribution in [0.2, 0.25) is 0 Å². The summed E-state index contributed by atoms with van der Waals surface area (Å²) in [5.41, 5.74) is 0. The number of carboxylic acids is 1. The van der Waals surface area contributed by atoms with E-state index in [4.69, 9.17) is 5.11 Å². The van der Waals surface area contributed by atoms with E-state index >= 15 is 0 Å². The van der Waals surface area contributed by atoms with Crippen LogP contribution < -0.4 is 0 Å². The van der Waals surface area contributed by atoms with Crippen molar-refractivity contribution in [1.82, 2.24) is 19.5 Å². The van der Waals surface area contributed by atoms with E-state index in [2.05, 4.69) is 15.2 Å². The number of nitrogens with zero attached hydrogens (tertiary/aromatic N) is 3. The molecule has 2 N–H and O–H groups in total. The van der Waals surface area contributed by atoms with Gasteiger partial charge in [-0.2, -0.15) is 0 Å². The van der Waals surface area contributed by atoms with Gasteiger partial charge in [0.05, 0.1) is 12.7 Å². The number of aromatic amines is 1. The fraction of sp³-hybridized carbons (Fsp3) is 0.727. The number of sulfonamides is 1. The number of carboxylic acid groups (broad SMARTS) is 1. The second-order valence-corrected chi connectivity index (χ2v) is 7.98. The van der Waals surface area contributed by atoms with Gasteiger partial charge in [0.2, 0.25) is 15.2 Å². The molecule has 10 heteroatoms. The molecule has 1 aliphatic heterocycles. The Balaban J connectivity index is 1.87. The van der Waals surface area contributed by atoms with Crippen LogP contribution in [0.25, 0.3) is 0 Å². The molecular formula is C11H18N4O4S2. The molecule has 1 saturated heterocycles. The molecule has 118 valence electrons. The molecule has 0 unspecified atom stereocenters. The first-order valence-electron chi connectivity index (χ1n) is 6.58. The predicted molar refractivity (Wildman–Crippen MR) is 77.8 cm³/mol. The largest absolute Gasteiger partial charge is 0.481 e. The number of thioether (sulfide) groups is 1. The van der Waals surface area contributed by atoms with Gasteiger partial charge in [-0.25, -0.2) is 17.7 Å². The monoisotopic (exact) mass is 334 g/mol. The summed E-state index contributed by atoms with van der Waals surface area (Å²) in [5.74, 6) is 0.510. The number of piperidine rings is 1. The number of aliphatic carboxylic acids is 1. The molecule has 1 aromatic heterocycles.